The summed E-state index contributed by atoms with van der Waals surface area (Å²) in [5.41, 5.74) is 13.5. The second-order valence-corrected chi connectivity index (χ2v) is 7.52. The lowest BCUT2D eigenvalue weighted by molar-refractivity contribution is 0.0897. The van der Waals surface area contributed by atoms with Gasteiger partial charge in [0, 0.05) is 11.1 Å². The van der Waals surface area contributed by atoms with Crippen LogP contribution < -0.4 is 25.7 Å². The summed E-state index contributed by atoms with van der Waals surface area (Å²) in [6, 6.07) is 9.84. The Balaban J connectivity index is 2.02. The molecule has 1 unspecified atom stereocenters. The lowest BCUT2D eigenvalue weighted by atomic mass is 9.75. The van der Waals surface area contributed by atoms with Crippen LogP contribution in [0.5, 0.6) is 17.2 Å². The molecule has 0 saturated carbocycles. The molecule has 32 heavy (non-hydrogen) atoms. The standard InChI is InChI=1S/C23H20N2O6S/c1-28-13-8-10(9-14(29-2)20(13)30-3)15-16-18(26)11-6-4-5-7-12(11)19(27)21(16)31-22(24)17(15)23(25)32/h4-9,15H,24H2,1-3H3,(H2,25,32). The number of thiocarbonyl (C=S) groups is 1. The Bertz CT molecular complexity index is 1220. The highest BCUT2D eigenvalue weighted by Crippen LogP contribution is 2.48. The van der Waals surface area contributed by atoms with Gasteiger partial charge in [0.1, 0.15) is 4.99 Å². The van der Waals surface area contributed by atoms with E-state index in [1.54, 1.807) is 36.4 Å². The van der Waals surface area contributed by atoms with Gasteiger partial charge in [-0.3, -0.25) is 9.59 Å². The van der Waals surface area contributed by atoms with E-state index < -0.39 is 11.7 Å². The van der Waals surface area contributed by atoms with Crippen LogP contribution in [-0.4, -0.2) is 37.9 Å². The average Bonchev–Trinajstić information content (AvgIpc) is 2.80. The van der Waals surface area contributed by atoms with Crippen molar-refractivity contribution >= 4 is 28.8 Å². The van der Waals surface area contributed by atoms with Gasteiger partial charge in [0.05, 0.1) is 38.4 Å². The summed E-state index contributed by atoms with van der Waals surface area (Å²) < 4.78 is 21.9. The van der Waals surface area contributed by atoms with Crippen LogP contribution in [0.3, 0.4) is 0 Å². The van der Waals surface area contributed by atoms with Crippen LogP contribution in [0.2, 0.25) is 0 Å². The number of nitrogens with two attached hydrogens (primary N) is 2. The van der Waals surface area contributed by atoms with Crippen LogP contribution >= 0.6 is 12.2 Å². The molecule has 0 bridgehead atoms. The van der Waals surface area contributed by atoms with Gasteiger partial charge in [0.25, 0.3) is 0 Å². The van der Waals surface area contributed by atoms with E-state index in [0.29, 0.717) is 22.8 Å². The number of hydrogen-bond donors (Lipinski definition) is 2. The number of carbonyl (C=O) groups excluding carboxylic acids is 2. The molecule has 2 aliphatic rings. The van der Waals surface area contributed by atoms with E-state index in [2.05, 4.69) is 0 Å². The Labute approximate surface area is 189 Å². The van der Waals surface area contributed by atoms with E-state index >= 15 is 0 Å². The van der Waals surface area contributed by atoms with E-state index in [9.17, 15) is 9.59 Å². The Morgan fingerprint density at radius 3 is 2.03 bits per heavy atom. The molecule has 1 aliphatic heterocycles. The van der Waals surface area contributed by atoms with E-state index in [1.165, 1.54) is 21.3 Å². The maximum atomic E-state index is 13.6. The first kappa shape index (κ1) is 21.4. The molecule has 2 aromatic carbocycles. The van der Waals surface area contributed by atoms with Crippen molar-refractivity contribution < 1.29 is 28.5 Å². The Morgan fingerprint density at radius 2 is 1.53 bits per heavy atom. The molecule has 4 rings (SSSR count). The summed E-state index contributed by atoms with van der Waals surface area (Å²) >= 11 is 5.23. The zero-order chi connectivity index (χ0) is 23.2. The van der Waals surface area contributed by atoms with Crippen molar-refractivity contribution in [1.82, 2.24) is 0 Å². The molecular formula is C23H20N2O6S. The predicted octanol–water partition coefficient (Wildman–Crippen LogP) is 2.62. The molecule has 1 atom stereocenters. The predicted molar refractivity (Wildman–Crippen MR) is 120 cm³/mol. The van der Waals surface area contributed by atoms with Crippen LogP contribution in [0.25, 0.3) is 0 Å². The summed E-state index contributed by atoms with van der Waals surface area (Å²) in [5, 5.41) is 0. The van der Waals surface area contributed by atoms with Gasteiger partial charge in [0.2, 0.25) is 11.5 Å². The van der Waals surface area contributed by atoms with Gasteiger partial charge in [0.15, 0.2) is 28.9 Å². The van der Waals surface area contributed by atoms with Gasteiger partial charge >= 0.3 is 0 Å². The molecule has 0 spiro atoms. The van der Waals surface area contributed by atoms with E-state index in [4.69, 9.17) is 42.6 Å². The Hall–Kier alpha value is -3.85. The lowest BCUT2D eigenvalue weighted by Gasteiger charge is -2.33. The molecule has 164 valence electrons. The fourth-order valence-corrected chi connectivity index (χ4v) is 4.27. The van der Waals surface area contributed by atoms with Crippen molar-refractivity contribution in [3.8, 4) is 17.2 Å². The molecule has 0 radical (unpaired) electrons. The number of ether oxygens (including phenoxy) is 4. The van der Waals surface area contributed by atoms with Crippen LogP contribution in [0.15, 0.2) is 59.2 Å². The smallest absolute Gasteiger partial charge is 0.229 e. The zero-order valence-corrected chi connectivity index (χ0v) is 18.4. The van der Waals surface area contributed by atoms with Gasteiger partial charge in [-0.1, -0.05) is 36.5 Å². The van der Waals surface area contributed by atoms with Gasteiger partial charge in [-0.2, -0.15) is 0 Å². The van der Waals surface area contributed by atoms with Crippen LogP contribution in [0.4, 0.5) is 0 Å². The highest BCUT2D eigenvalue weighted by atomic mass is 32.1. The fourth-order valence-electron chi connectivity index (χ4n) is 4.05. The Morgan fingerprint density at radius 1 is 0.969 bits per heavy atom. The number of rotatable bonds is 5. The summed E-state index contributed by atoms with van der Waals surface area (Å²) in [4.78, 5) is 26.7. The first-order valence-corrected chi connectivity index (χ1v) is 9.94. The highest BCUT2D eigenvalue weighted by Gasteiger charge is 2.44. The van der Waals surface area contributed by atoms with Crippen molar-refractivity contribution in [1.29, 1.82) is 0 Å². The molecule has 2 aromatic rings. The summed E-state index contributed by atoms with van der Waals surface area (Å²) in [7, 11) is 4.42. The zero-order valence-electron chi connectivity index (χ0n) is 17.6. The van der Waals surface area contributed by atoms with E-state index in [-0.39, 0.29) is 44.7 Å². The second kappa shape index (κ2) is 8.01. The minimum atomic E-state index is -0.880. The fraction of sp³-hybridized carbons (Fsp3) is 0.174. The molecule has 0 fully saturated rings. The lowest BCUT2D eigenvalue weighted by Crippen LogP contribution is -2.35. The number of carbonyl (C=O) groups is 2. The van der Waals surface area contributed by atoms with Crippen LogP contribution in [-0.2, 0) is 4.74 Å². The van der Waals surface area contributed by atoms with Gasteiger partial charge < -0.3 is 30.4 Å². The number of hydrogen-bond acceptors (Lipinski definition) is 8. The quantitative estimate of drug-likeness (QED) is 0.659. The average molecular weight is 452 g/mol. The maximum absolute atomic E-state index is 13.6. The minimum Gasteiger partial charge on any atom is -0.493 e. The number of benzene rings is 2. The monoisotopic (exact) mass is 452 g/mol. The van der Waals surface area contributed by atoms with E-state index in [0.717, 1.165) is 0 Å². The molecule has 0 amide bonds. The normalized spacial score (nSPS) is 17.4. The van der Waals surface area contributed by atoms with Gasteiger partial charge in [-0.15, -0.1) is 0 Å². The van der Waals surface area contributed by atoms with Crippen LogP contribution in [0.1, 0.15) is 32.2 Å². The van der Waals surface area contributed by atoms with Crippen molar-refractivity contribution in [2.45, 2.75) is 5.92 Å². The molecule has 4 N–H and O–H groups in total. The summed E-state index contributed by atoms with van der Waals surface area (Å²) in [6.07, 6.45) is 0. The molecule has 1 heterocycles. The molecule has 9 heteroatoms. The number of allylic oxidation sites excluding steroid dienone is 2. The van der Waals surface area contributed by atoms with Gasteiger partial charge in [-0.05, 0) is 17.7 Å². The summed E-state index contributed by atoms with van der Waals surface area (Å²) in [5.74, 6) is -0.925. The number of Topliss-reactive ketones (excluding diaryl/α,β-unsaturated/α-hetero) is 2. The first-order chi connectivity index (χ1) is 15.3. The Kier molecular flexibility index (Phi) is 5.35. The molecule has 0 saturated heterocycles. The number of methoxy groups -OCH3 is 3. The first-order valence-electron chi connectivity index (χ1n) is 9.53. The minimum absolute atomic E-state index is 0.0630. The summed E-state index contributed by atoms with van der Waals surface area (Å²) in [6.45, 7) is 0. The van der Waals surface area contributed by atoms with E-state index in [1.807, 2.05) is 0 Å². The third-order valence-corrected chi connectivity index (χ3v) is 5.67. The molecule has 1 aliphatic carbocycles. The SMILES string of the molecule is COc1cc(C2C(C(N)=S)=C(N)OC3=C2C(=O)c2ccccc2C3=O)cc(OC)c1OC. The van der Waals surface area contributed by atoms with Crippen molar-refractivity contribution in [2.75, 3.05) is 21.3 Å². The molecule has 0 aromatic heterocycles. The third kappa shape index (κ3) is 3.09. The van der Waals surface area contributed by atoms with Crippen molar-refractivity contribution in [2.24, 2.45) is 11.5 Å². The third-order valence-electron chi connectivity index (χ3n) is 5.45. The molecular weight excluding hydrogens is 432 g/mol. The second-order valence-electron chi connectivity index (χ2n) is 7.08. The molecule has 8 nitrogen and oxygen atoms in total. The largest absolute Gasteiger partial charge is 0.493 e. The van der Waals surface area contributed by atoms with Crippen LogP contribution in [0, 0.1) is 0 Å². The van der Waals surface area contributed by atoms with Crippen molar-refractivity contribution in [3.63, 3.8) is 0 Å². The number of ketones is 2. The maximum Gasteiger partial charge on any atom is 0.229 e. The van der Waals surface area contributed by atoms with Gasteiger partial charge in [-0.25, -0.2) is 0 Å². The number of fused-ring (bicyclic) bond motifs is 1. The topological polar surface area (TPSA) is 123 Å². The van der Waals surface area contributed by atoms with Crippen molar-refractivity contribution in [3.05, 3.63) is 75.9 Å². The highest BCUT2D eigenvalue weighted by molar-refractivity contribution is 7.80.